The molecule has 6 atom stereocenters. The van der Waals surface area contributed by atoms with E-state index < -0.39 is 6.29 Å². The van der Waals surface area contributed by atoms with E-state index >= 15 is 0 Å². The van der Waals surface area contributed by atoms with Crippen molar-refractivity contribution < 1.29 is 38.1 Å². The highest BCUT2D eigenvalue weighted by atomic mass is 16.7. The Bertz CT molecular complexity index is 1430. The second kappa shape index (κ2) is 31.0. The molecule has 2 rings (SSSR count). The number of allylic oxidation sites excluding steroid dienone is 4. The van der Waals surface area contributed by atoms with Crippen LogP contribution in [0.4, 0.5) is 0 Å². The van der Waals surface area contributed by atoms with Crippen molar-refractivity contribution in [3.8, 4) is 0 Å². The Morgan fingerprint density at radius 3 is 1.90 bits per heavy atom. The summed E-state index contributed by atoms with van der Waals surface area (Å²) in [4.78, 5) is 42.8. The zero-order chi connectivity index (χ0) is 46.7. The van der Waals surface area contributed by atoms with Crippen LogP contribution in [-0.4, -0.2) is 65.8 Å². The maximum absolute atomic E-state index is 13.1. The summed E-state index contributed by atoms with van der Waals surface area (Å²) in [5.41, 5.74) is 2.74. The average Bonchev–Trinajstić information content (AvgIpc) is 3.79. The standard InChI is InChI=1S/C53H92N2O8/c1-12-53(11)45(8)39-47(52(53,9)10)63-50(58)27-19-26-46(62-49(57)28-20-34-55-35-33-54-40-55)25-15-13-14-16-36-59-48(56)29-30-51(60-37-31-43(6)23-17-21-41(2)3)61-38-32-44(7)24-18-22-42(4)5/h21-22,33,35,40,43-47,51H,12-20,23-32,34,36-39H2,1-11H3/t43?,44?,45?,46?,47-,51?,53?/m1/s1. The molecule has 1 saturated carbocycles. The minimum atomic E-state index is -0.419. The Morgan fingerprint density at radius 1 is 0.730 bits per heavy atom. The second-order valence-electron chi connectivity index (χ2n) is 20.2. The van der Waals surface area contributed by atoms with Crippen molar-refractivity contribution in [1.29, 1.82) is 0 Å². The molecule has 0 aliphatic heterocycles. The van der Waals surface area contributed by atoms with Crippen LogP contribution in [-0.2, 0) is 44.6 Å². The number of rotatable bonds is 35. The van der Waals surface area contributed by atoms with E-state index in [9.17, 15) is 14.4 Å². The van der Waals surface area contributed by atoms with Gasteiger partial charge in [0.1, 0.15) is 12.2 Å². The molecule has 1 aliphatic carbocycles. The Hall–Kier alpha value is -2.98. The summed E-state index contributed by atoms with van der Waals surface area (Å²) < 4.78 is 32.1. The summed E-state index contributed by atoms with van der Waals surface area (Å²) in [6.07, 6.45) is 25.0. The second-order valence-corrected chi connectivity index (χ2v) is 20.2. The Labute approximate surface area is 384 Å². The number of nitrogens with zero attached hydrogens (tertiary/aromatic N) is 2. The first kappa shape index (κ1) is 56.2. The van der Waals surface area contributed by atoms with Gasteiger partial charge in [0.2, 0.25) is 0 Å². The predicted molar refractivity (Wildman–Crippen MR) is 255 cm³/mol. The van der Waals surface area contributed by atoms with Crippen LogP contribution in [0.2, 0.25) is 0 Å². The Kier molecular flexibility index (Phi) is 27.7. The highest BCUT2D eigenvalue weighted by Crippen LogP contribution is 2.58. The van der Waals surface area contributed by atoms with Crippen molar-refractivity contribution >= 4 is 17.9 Å². The molecule has 63 heavy (non-hydrogen) atoms. The molecule has 1 heterocycles. The lowest BCUT2D eigenvalue weighted by Gasteiger charge is -2.42. The highest BCUT2D eigenvalue weighted by molar-refractivity contribution is 5.70. The van der Waals surface area contributed by atoms with Gasteiger partial charge in [0.25, 0.3) is 0 Å². The van der Waals surface area contributed by atoms with E-state index in [1.54, 1.807) is 12.5 Å². The third kappa shape index (κ3) is 23.2. The summed E-state index contributed by atoms with van der Waals surface area (Å²) in [5, 5.41) is 0. The van der Waals surface area contributed by atoms with Gasteiger partial charge in [0, 0.05) is 56.8 Å². The smallest absolute Gasteiger partial charge is 0.306 e. The fraction of sp³-hybridized carbons (Fsp3) is 0.811. The zero-order valence-corrected chi connectivity index (χ0v) is 42.0. The van der Waals surface area contributed by atoms with E-state index in [1.165, 1.54) is 11.1 Å². The molecule has 10 heteroatoms. The molecule has 1 aliphatic rings. The molecule has 1 fully saturated rings. The van der Waals surface area contributed by atoms with Gasteiger partial charge < -0.3 is 28.3 Å². The number of hydrogen-bond acceptors (Lipinski definition) is 9. The number of aromatic nitrogens is 2. The van der Waals surface area contributed by atoms with Crippen LogP contribution in [0.5, 0.6) is 0 Å². The summed E-state index contributed by atoms with van der Waals surface area (Å²) in [7, 11) is 0. The summed E-state index contributed by atoms with van der Waals surface area (Å²) in [6, 6.07) is 0. The normalized spacial score (nSPS) is 20.0. The third-order valence-electron chi connectivity index (χ3n) is 14.0. The fourth-order valence-corrected chi connectivity index (χ4v) is 8.84. The van der Waals surface area contributed by atoms with Crippen molar-refractivity contribution in [2.45, 2.75) is 230 Å². The molecule has 5 unspecified atom stereocenters. The summed E-state index contributed by atoms with van der Waals surface area (Å²) in [5.74, 6) is 0.999. The van der Waals surface area contributed by atoms with Gasteiger partial charge in [-0.05, 0) is 141 Å². The molecular formula is C53H92N2O8. The number of hydrogen-bond donors (Lipinski definition) is 0. The zero-order valence-electron chi connectivity index (χ0n) is 42.0. The van der Waals surface area contributed by atoms with Crippen molar-refractivity contribution in [2.75, 3.05) is 19.8 Å². The summed E-state index contributed by atoms with van der Waals surface area (Å²) in [6.45, 7) is 26.7. The van der Waals surface area contributed by atoms with E-state index in [1.807, 2.05) is 10.8 Å². The molecule has 362 valence electrons. The molecule has 0 N–H and O–H groups in total. The molecule has 0 saturated heterocycles. The van der Waals surface area contributed by atoms with Crippen LogP contribution in [0.3, 0.4) is 0 Å². The van der Waals surface area contributed by atoms with Gasteiger partial charge in [0.05, 0.1) is 19.4 Å². The minimum Gasteiger partial charge on any atom is -0.466 e. The van der Waals surface area contributed by atoms with E-state index in [-0.39, 0.29) is 47.4 Å². The molecular weight excluding hydrogens is 793 g/mol. The molecule has 10 nitrogen and oxygen atoms in total. The Morgan fingerprint density at radius 2 is 1.33 bits per heavy atom. The SMILES string of the molecule is CCC1(C)C(C)C[C@@H](OC(=O)CCCC(CCCCCCOC(=O)CCC(OCCC(C)CCC=C(C)C)OCCC(C)CCC=C(C)C)OC(=O)CCCn2ccnc2)C1(C)C. The van der Waals surface area contributed by atoms with E-state index in [0.717, 1.165) is 83.5 Å². The molecule has 0 radical (unpaired) electrons. The number of ether oxygens (including phenoxy) is 5. The molecule has 0 spiro atoms. The third-order valence-corrected chi connectivity index (χ3v) is 14.0. The van der Waals surface area contributed by atoms with Gasteiger partial charge in [-0.1, -0.05) is 84.6 Å². The highest BCUT2D eigenvalue weighted by Gasteiger charge is 2.56. The molecule has 1 aromatic rings. The lowest BCUT2D eigenvalue weighted by atomic mass is 9.64. The van der Waals surface area contributed by atoms with Gasteiger partial charge in [-0.15, -0.1) is 0 Å². The number of esters is 3. The fourth-order valence-electron chi connectivity index (χ4n) is 8.84. The Balaban J connectivity index is 1.78. The molecule has 1 aromatic heterocycles. The van der Waals surface area contributed by atoms with E-state index in [0.29, 0.717) is 82.6 Å². The summed E-state index contributed by atoms with van der Waals surface area (Å²) >= 11 is 0. The van der Waals surface area contributed by atoms with Gasteiger partial charge >= 0.3 is 17.9 Å². The molecule has 0 amide bonds. The number of carbonyl (C=O) groups is 3. The van der Waals surface area contributed by atoms with Crippen LogP contribution in [0, 0.1) is 28.6 Å². The topological polar surface area (TPSA) is 115 Å². The van der Waals surface area contributed by atoms with Crippen LogP contribution in [0.25, 0.3) is 0 Å². The van der Waals surface area contributed by atoms with Crippen molar-refractivity contribution in [3.05, 3.63) is 42.0 Å². The average molecular weight is 885 g/mol. The van der Waals surface area contributed by atoms with Crippen molar-refractivity contribution in [2.24, 2.45) is 28.6 Å². The molecule has 0 aromatic carbocycles. The monoisotopic (exact) mass is 885 g/mol. The predicted octanol–water partition coefficient (Wildman–Crippen LogP) is 13.3. The quantitative estimate of drug-likeness (QED) is 0.0216. The van der Waals surface area contributed by atoms with Crippen LogP contribution in [0.1, 0.15) is 205 Å². The van der Waals surface area contributed by atoms with E-state index in [4.69, 9.17) is 23.7 Å². The molecule has 0 bridgehead atoms. The van der Waals surface area contributed by atoms with Gasteiger partial charge in [-0.25, -0.2) is 4.98 Å². The van der Waals surface area contributed by atoms with Gasteiger partial charge in [0.15, 0.2) is 6.29 Å². The first-order valence-corrected chi connectivity index (χ1v) is 25.0. The van der Waals surface area contributed by atoms with Crippen molar-refractivity contribution in [3.63, 3.8) is 0 Å². The van der Waals surface area contributed by atoms with Gasteiger partial charge in [-0.3, -0.25) is 14.4 Å². The van der Waals surface area contributed by atoms with E-state index in [2.05, 4.69) is 93.3 Å². The maximum atomic E-state index is 13.1. The van der Waals surface area contributed by atoms with Crippen LogP contribution in [0.15, 0.2) is 42.0 Å². The van der Waals surface area contributed by atoms with Crippen molar-refractivity contribution in [1.82, 2.24) is 9.55 Å². The van der Waals surface area contributed by atoms with Gasteiger partial charge in [-0.2, -0.15) is 0 Å². The lowest BCUT2D eigenvalue weighted by molar-refractivity contribution is -0.161. The minimum absolute atomic E-state index is 0.0912. The maximum Gasteiger partial charge on any atom is 0.306 e. The number of imidazole rings is 1. The lowest BCUT2D eigenvalue weighted by Crippen LogP contribution is -2.40. The number of aryl methyl sites for hydroxylation is 1. The first-order chi connectivity index (χ1) is 30.0. The first-order valence-electron chi connectivity index (χ1n) is 25.0. The largest absolute Gasteiger partial charge is 0.466 e. The number of unbranched alkanes of at least 4 members (excludes halogenated alkanes) is 3. The van der Waals surface area contributed by atoms with Crippen LogP contribution >= 0.6 is 0 Å². The number of carbonyl (C=O) groups excluding carboxylic acids is 3. The van der Waals surface area contributed by atoms with Crippen LogP contribution < -0.4 is 0 Å².